The zero-order valence-corrected chi connectivity index (χ0v) is 11.2. The van der Waals surface area contributed by atoms with Crippen LogP contribution in [0.4, 0.5) is 0 Å². The van der Waals surface area contributed by atoms with Crippen molar-refractivity contribution < 1.29 is 19.4 Å². The van der Waals surface area contributed by atoms with Crippen LogP contribution in [0.5, 0.6) is 0 Å². The lowest BCUT2D eigenvalue weighted by Crippen LogP contribution is -2.39. The molecule has 6 nitrogen and oxygen atoms in total. The van der Waals surface area contributed by atoms with Crippen LogP contribution in [0.25, 0.3) is 0 Å². The molecule has 1 N–H and O–H groups in total. The lowest BCUT2D eigenvalue weighted by molar-refractivity contribution is -0.148. The molecular weight excluding hydrogens is 272 g/mol. The summed E-state index contributed by atoms with van der Waals surface area (Å²) in [6.45, 7) is 0.835. The first-order chi connectivity index (χ1) is 10.1. The summed E-state index contributed by atoms with van der Waals surface area (Å²) < 4.78 is 5.83. The highest BCUT2D eigenvalue weighted by atomic mass is 16.5. The smallest absolute Gasteiger partial charge is 0.310 e. The van der Waals surface area contributed by atoms with E-state index in [1.165, 1.54) is 0 Å². The lowest BCUT2D eigenvalue weighted by Gasteiger charge is -2.21. The molecule has 108 valence electrons. The van der Waals surface area contributed by atoms with Gasteiger partial charge < -0.3 is 14.7 Å². The van der Waals surface area contributed by atoms with Crippen molar-refractivity contribution in [3.8, 4) is 0 Å². The Morgan fingerprint density at radius 3 is 3.14 bits per heavy atom. The summed E-state index contributed by atoms with van der Waals surface area (Å²) in [7, 11) is 0. The van der Waals surface area contributed by atoms with Gasteiger partial charge in [-0.3, -0.25) is 14.6 Å². The zero-order chi connectivity index (χ0) is 14.6. The molecule has 0 radical (unpaired) electrons. The molecule has 0 saturated carbocycles. The topological polar surface area (TPSA) is 79.7 Å². The van der Waals surface area contributed by atoms with Crippen molar-refractivity contribution in [2.75, 3.05) is 6.54 Å². The molecule has 0 aromatic carbocycles. The van der Waals surface area contributed by atoms with Crippen molar-refractivity contribution in [2.24, 2.45) is 11.8 Å². The minimum absolute atomic E-state index is 0.141. The molecule has 1 spiro atoms. The van der Waals surface area contributed by atoms with E-state index < -0.39 is 29.5 Å². The number of carbonyl (C=O) groups excluding carboxylic acids is 1. The second kappa shape index (κ2) is 4.14. The Labute approximate surface area is 121 Å². The first-order valence-electron chi connectivity index (χ1n) is 6.88. The quantitative estimate of drug-likeness (QED) is 0.816. The number of carboxylic acids is 1. The molecule has 2 fully saturated rings. The van der Waals surface area contributed by atoms with Crippen molar-refractivity contribution in [2.45, 2.75) is 18.2 Å². The molecule has 1 aromatic heterocycles. The van der Waals surface area contributed by atoms with Crippen LogP contribution in [0, 0.1) is 11.8 Å². The van der Waals surface area contributed by atoms with Gasteiger partial charge in [0, 0.05) is 18.9 Å². The standard InChI is InChI=1S/C15H14N2O4/c18-13-12-11(14(19)20)10-3-4-15(12,21-10)8-17(13)7-9-2-1-5-16-6-9/h1-6,10-12H,7-8H2,(H,19,20)/t10-,11-,12+,15+/m1/s1. The molecule has 4 heterocycles. The maximum Gasteiger partial charge on any atom is 0.310 e. The number of pyridine rings is 1. The Balaban J connectivity index is 1.63. The summed E-state index contributed by atoms with van der Waals surface area (Å²) in [5.74, 6) is -2.49. The Morgan fingerprint density at radius 1 is 1.57 bits per heavy atom. The van der Waals surface area contributed by atoms with E-state index in [4.69, 9.17) is 4.74 Å². The second-order valence-corrected chi connectivity index (χ2v) is 5.79. The number of likely N-dealkylation sites (tertiary alicyclic amines) is 1. The van der Waals surface area contributed by atoms with Crippen LogP contribution >= 0.6 is 0 Å². The summed E-state index contributed by atoms with van der Waals surface area (Å²) in [5.41, 5.74) is 0.167. The van der Waals surface area contributed by atoms with Gasteiger partial charge in [0.25, 0.3) is 0 Å². The van der Waals surface area contributed by atoms with Gasteiger partial charge in [-0.15, -0.1) is 0 Å². The summed E-state index contributed by atoms with van der Waals surface area (Å²) in [5, 5.41) is 9.38. The minimum atomic E-state index is -0.965. The molecule has 2 saturated heterocycles. The number of ether oxygens (including phenoxy) is 1. The van der Waals surface area contributed by atoms with Crippen molar-refractivity contribution in [3.05, 3.63) is 42.2 Å². The molecule has 21 heavy (non-hydrogen) atoms. The predicted octanol–water partition coefficient (Wildman–Crippen LogP) is 0.448. The second-order valence-electron chi connectivity index (χ2n) is 5.79. The Bertz CT molecular complexity index is 644. The third-order valence-electron chi connectivity index (χ3n) is 4.56. The van der Waals surface area contributed by atoms with Gasteiger partial charge in [-0.2, -0.15) is 0 Å². The number of amides is 1. The molecule has 0 aliphatic carbocycles. The lowest BCUT2D eigenvalue weighted by atomic mass is 9.77. The molecule has 6 heteroatoms. The fraction of sp³-hybridized carbons (Fsp3) is 0.400. The van der Waals surface area contributed by atoms with Gasteiger partial charge in [0.05, 0.1) is 18.6 Å². The molecule has 2 bridgehead atoms. The minimum Gasteiger partial charge on any atom is -0.481 e. The van der Waals surface area contributed by atoms with Crippen LogP contribution in [0.1, 0.15) is 5.56 Å². The molecule has 1 amide bonds. The highest BCUT2D eigenvalue weighted by Crippen LogP contribution is 2.52. The number of carboxylic acid groups (broad SMARTS) is 1. The Morgan fingerprint density at radius 2 is 2.43 bits per heavy atom. The van der Waals surface area contributed by atoms with Gasteiger partial charge in [-0.25, -0.2) is 0 Å². The fourth-order valence-electron chi connectivity index (χ4n) is 3.71. The van der Waals surface area contributed by atoms with Crippen molar-refractivity contribution in [1.29, 1.82) is 0 Å². The number of rotatable bonds is 3. The highest BCUT2D eigenvalue weighted by Gasteiger charge is 2.66. The number of carbonyl (C=O) groups is 2. The summed E-state index contributed by atoms with van der Waals surface area (Å²) in [6, 6.07) is 3.71. The molecule has 4 rings (SSSR count). The van der Waals surface area contributed by atoms with Crippen molar-refractivity contribution in [1.82, 2.24) is 9.88 Å². The summed E-state index contributed by atoms with van der Waals surface area (Å²) >= 11 is 0. The molecule has 4 atom stereocenters. The van der Waals surface area contributed by atoms with Crippen LogP contribution in [0.2, 0.25) is 0 Å². The fourth-order valence-corrected chi connectivity index (χ4v) is 3.71. The van der Waals surface area contributed by atoms with Crippen LogP contribution in [0.15, 0.2) is 36.7 Å². The van der Waals surface area contributed by atoms with Crippen LogP contribution in [-0.4, -0.2) is 45.1 Å². The maximum atomic E-state index is 12.6. The number of nitrogens with zero attached hydrogens (tertiary/aromatic N) is 2. The normalized spacial score (nSPS) is 36.3. The highest BCUT2D eigenvalue weighted by molar-refractivity contribution is 5.90. The van der Waals surface area contributed by atoms with E-state index >= 15 is 0 Å². The number of aliphatic carboxylic acids is 1. The number of fused-ring (bicyclic) bond motifs is 1. The van der Waals surface area contributed by atoms with Gasteiger partial charge in [-0.05, 0) is 11.6 Å². The van der Waals surface area contributed by atoms with E-state index in [1.54, 1.807) is 23.4 Å². The zero-order valence-electron chi connectivity index (χ0n) is 11.2. The Hall–Kier alpha value is -2.21. The van der Waals surface area contributed by atoms with E-state index in [9.17, 15) is 14.7 Å². The van der Waals surface area contributed by atoms with Crippen LogP contribution in [0.3, 0.4) is 0 Å². The molecule has 3 aliphatic rings. The van der Waals surface area contributed by atoms with E-state index in [0.717, 1.165) is 5.56 Å². The summed E-state index contributed by atoms with van der Waals surface area (Å²) in [4.78, 5) is 29.8. The number of hydrogen-bond acceptors (Lipinski definition) is 4. The third kappa shape index (κ3) is 1.65. The summed E-state index contributed by atoms with van der Waals surface area (Å²) in [6.07, 6.45) is 6.55. The SMILES string of the molecule is O=C(O)[C@H]1[C@H]2C(=O)N(Cc3cccnc3)C[C@@]23C=C[C@H]1O3. The largest absolute Gasteiger partial charge is 0.481 e. The van der Waals surface area contributed by atoms with Crippen LogP contribution < -0.4 is 0 Å². The van der Waals surface area contributed by atoms with Crippen molar-refractivity contribution in [3.63, 3.8) is 0 Å². The number of hydrogen-bond donors (Lipinski definition) is 1. The molecule has 1 aromatic rings. The average molecular weight is 286 g/mol. The van der Waals surface area contributed by atoms with E-state index in [1.807, 2.05) is 18.2 Å². The van der Waals surface area contributed by atoms with Gasteiger partial charge >= 0.3 is 5.97 Å². The average Bonchev–Trinajstić information content (AvgIpc) is 3.09. The maximum absolute atomic E-state index is 12.6. The van der Waals surface area contributed by atoms with Gasteiger partial charge in [0.1, 0.15) is 11.5 Å². The van der Waals surface area contributed by atoms with Crippen molar-refractivity contribution >= 4 is 11.9 Å². The predicted molar refractivity (Wildman–Crippen MR) is 71.0 cm³/mol. The number of aromatic nitrogens is 1. The monoisotopic (exact) mass is 286 g/mol. The first kappa shape index (κ1) is 12.5. The first-order valence-corrected chi connectivity index (χ1v) is 6.88. The molecule has 0 unspecified atom stereocenters. The van der Waals surface area contributed by atoms with Gasteiger partial charge in [0.15, 0.2) is 0 Å². The Kier molecular flexibility index (Phi) is 2.47. The van der Waals surface area contributed by atoms with Gasteiger partial charge in [-0.1, -0.05) is 18.2 Å². The third-order valence-corrected chi connectivity index (χ3v) is 4.56. The van der Waals surface area contributed by atoms with Gasteiger partial charge in [0.2, 0.25) is 5.91 Å². The van der Waals surface area contributed by atoms with Crippen LogP contribution in [-0.2, 0) is 20.9 Å². The van der Waals surface area contributed by atoms with E-state index in [-0.39, 0.29) is 5.91 Å². The molecular formula is C15H14N2O4. The van der Waals surface area contributed by atoms with E-state index in [2.05, 4.69) is 4.98 Å². The molecule has 3 aliphatic heterocycles. The van der Waals surface area contributed by atoms with E-state index in [0.29, 0.717) is 13.1 Å².